The van der Waals surface area contributed by atoms with Crippen molar-refractivity contribution in [2.45, 2.75) is 6.42 Å². The lowest BCUT2D eigenvalue weighted by Crippen LogP contribution is -2.06. The monoisotopic (exact) mass is 196 g/mol. The molecular weight excluding hydrogens is 184 g/mol. The molecule has 1 aromatic carbocycles. The van der Waals surface area contributed by atoms with Gasteiger partial charge in [-0.3, -0.25) is 0 Å². The van der Waals surface area contributed by atoms with Crippen LogP contribution < -0.4 is 4.74 Å². The standard InChI is InChI=1S/C10H12O4/c11-10(12)14-8-4-7-13-9-5-2-1-3-6-9/h1-3,5-6H,4,7-8H2,(H,11,12). The van der Waals surface area contributed by atoms with Crippen molar-refractivity contribution in [3.8, 4) is 5.75 Å². The molecule has 0 unspecified atom stereocenters. The molecule has 0 aliphatic heterocycles. The van der Waals surface area contributed by atoms with Crippen LogP contribution in [0.15, 0.2) is 30.3 Å². The summed E-state index contributed by atoms with van der Waals surface area (Å²) in [5.74, 6) is 0.780. The molecule has 4 nitrogen and oxygen atoms in total. The average Bonchev–Trinajstić information content (AvgIpc) is 2.18. The lowest BCUT2D eigenvalue weighted by atomic mass is 10.3. The van der Waals surface area contributed by atoms with Crippen LogP contribution in [0.2, 0.25) is 0 Å². The van der Waals surface area contributed by atoms with Crippen molar-refractivity contribution >= 4 is 6.16 Å². The maximum atomic E-state index is 9.97. The topological polar surface area (TPSA) is 55.8 Å². The van der Waals surface area contributed by atoms with Gasteiger partial charge in [-0.1, -0.05) is 18.2 Å². The van der Waals surface area contributed by atoms with Crippen LogP contribution >= 0.6 is 0 Å². The SMILES string of the molecule is O=C(O)OCCCOc1ccccc1. The smallest absolute Gasteiger partial charge is 0.493 e. The third-order valence-corrected chi connectivity index (χ3v) is 1.53. The molecule has 1 aromatic rings. The van der Waals surface area contributed by atoms with Crippen LogP contribution in [0.4, 0.5) is 4.79 Å². The number of rotatable bonds is 5. The van der Waals surface area contributed by atoms with Gasteiger partial charge >= 0.3 is 6.16 Å². The predicted molar refractivity (Wildman–Crippen MR) is 50.5 cm³/mol. The number of hydrogen-bond donors (Lipinski definition) is 1. The zero-order valence-corrected chi connectivity index (χ0v) is 7.68. The maximum absolute atomic E-state index is 9.97. The summed E-state index contributed by atoms with van der Waals surface area (Å²) in [6, 6.07) is 9.35. The molecule has 0 saturated carbocycles. The molecule has 0 aliphatic rings. The van der Waals surface area contributed by atoms with Gasteiger partial charge in [-0.25, -0.2) is 4.79 Å². The van der Waals surface area contributed by atoms with Crippen LogP contribution in [0.25, 0.3) is 0 Å². The van der Waals surface area contributed by atoms with E-state index < -0.39 is 6.16 Å². The van der Waals surface area contributed by atoms with Gasteiger partial charge in [-0.15, -0.1) is 0 Å². The Labute approximate surface area is 82.1 Å². The lowest BCUT2D eigenvalue weighted by Gasteiger charge is -2.04. The van der Waals surface area contributed by atoms with Crippen LogP contribution in [0.1, 0.15) is 6.42 Å². The minimum Gasteiger partial charge on any atom is -0.493 e. The Morgan fingerprint density at radius 1 is 1.21 bits per heavy atom. The first-order valence-electron chi connectivity index (χ1n) is 4.32. The molecule has 0 amide bonds. The molecule has 0 atom stereocenters. The summed E-state index contributed by atoms with van der Waals surface area (Å²) in [6.07, 6.45) is -0.689. The molecule has 0 fully saturated rings. The number of para-hydroxylation sites is 1. The molecule has 0 spiro atoms. The summed E-state index contributed by atoms with van der Waals surface area (Å²) in [5, 5.41) is 8.17. The van der Waals surface area contributed by atoms with Gasteiger partial charge in [0.15, 0.2) is 0 Å². The van der Waals surface area contributed by atoms with Gasteiger partial charge in [-0.05, 0) is 12.1 Å². The quantitative estimate of drug-likeness (QED) is 0.579. The van der Waals surface area contributed by atoms with Crippen LogP contribution in [0.5, 0.6) is 5.75 Å². The molecule has 0 bridgehead atoms. The van der Waals surface area contributed by atoms with Crippen LogP contribution in [-0.4, -0.2) is 24.5 Å². The minimum atomic E-state index is -1.25. The van der Waals surface area contributed by atoms with Gasteiger partial charge < -0.3 is 14.6 Å². The maximum Gasteiger partial charge on any atom is 0.505 e. The van der Waals surface area contributed by atoms with E-state index in [4.69, 9.17) is 9.84 Å². The lowest BCUT2D eigenvalue weighted by molar-refractivity contribution is 0.0866. The largest absolute Gasteiger partial charge is 0.505 e. The second kappa shape index (κ2) is 5.85. The van der Waals surface area contributed by atoms with Gasteiger partial charge in [0.05, 0.1) is 13.2 Å². The van der Waals surface area contributed by atoms with Crippen molar-refractivity contribution in [3.05, 3.63) is 30.3 Å². The Morgan fingerprint density at radius 2 is 1.93 bits per heavy atom. The average molecular weight is 196 g/mol. The summed E-state index contributed by atoms with van der Waals surface area (Å²) in [5.41, 5.74) is 0. The number of benzene rings is 1. The van der Waals surface area contributed by atoms with Crippen LogP contribution in [0.3, 0.4) is 0 Å². The summed E-state index contributed by atoms with van der Waals surface area (Å²) in [6.45, 7) is 0.624. The molecule has 4 heteroatoms. The number of carboxylic acid groups (broad SMARTS) is 1. The Morgan fingerprint density at radius 3 is 2.57 bits per heavy atom. The predicted octanol–water partition coefficient (Wildman–Crippen LogP) is 2.15. The Bertz CT molecular complexity index is 271. The van der Waals surface area contributed by atoms with Crippen molar-refractivity contribution in [2.75, 3.05) is 13.2 Å². The molecule has 1 N–H and O–H groups in total. The van der Waals surface area contributed by atoms with Crippen LogP contribution in [0, 0.1) is 0 Å². The zero-order valence-electron chi connectivity index (χ0n) is 7.68. The molecule has 1 rings (SSSR count). The molecule has 76 valence electrons. The summed E-state index contributed by atoms with van der Waals surface area (Å²) in [4.78, 5) is 9.97. The van der Waals surface area contributed by atoms with Crippen molar-refractivity contribution in [2.24, 2.45) is 0 Å². The van der Waals surface area contributed by atoms with Gasteiger partial charge in [0.25, 0.3) is 0 Å². The Kier molecular flexibility index (Phi) is 4.34. The summed E-state index contributed by atoms with van der Waals surface area (Å²) in [7, 11) is 0. The van der Waals surface area contributed by atoms with Gasteiger partial charge in [0.2, 0.25) is 0 Å². The van der Waals surface area contributed by atoms with Gasteiger partial charge in [0.1, 0.15) is 5.75 Å². The van der Waals surface area contributed by atoms with Crippen molar-refractivity contribution < 1.29 is 19.4 Å². The van der Waals surface area contributed by atoms with Crippen molar-refractivity contribution in [1.29, 1.82) is 0 Å². The second-order valence-electron chi connectivity index (χ2n) is 2.63. The van der Waals surface area contributed by atoms with E-state index in [0.717, 1.165) is 5.75 Å². The highest BCUT2D eigenvalue weighted by atomic mass is 16.7. The fraction of sp³-hybridized carbons (Fsp3) is 0.300. The van der Waals surface area contributed by atoms with Gasteiger partial charge in [-0.2, -0.15) is 0 Å². The van der Waals surface area contributed by atoms with E-state index in [1.54, 1.807) is 0 Å². The van der Waals surface area contributed by atoms with E-state index in [1.165, 1.54) is 0 Å². The van der Waals surface area contributed by atoms with Gasteiger partial charge in [0, 0.05) is 6.42 Å². The Hall–Kier alpha value is -1.71. The summed E-state index contributed by atoms with van der Waals surface area (Å²) < 4.78 is 9.63. The molecule has 0 radical (unpaired) electrons. The first-order chi connectivity index (χ1) is 6.79. The molecular formula is C10H12O4. The fourth-order valence-corrected chi connectivity index (χ4v) is 0.925. The second-order valence-corrected chi connectivity index (χ2v) is 2.63. The third kappa shape index (κ3) is 4.35. The number of hydrogen-bond acceptors (Lipinski definition) is 3. The Balaban J connectivity index is 2.08. The van der Waals surface area contributed by atoms with E-state index in [2.05, 4.69) is 4.74 Å². The molecule has 0 aliphatic carbocycles. The summed E-state index contributed by atoms with van der Waals surface area (Å²) >= 11 is 0. The first kappa shape index (κ1) is 10.4. The number of ether oxygens (including phenoxy) is 2. The van der Waals surface area contributed by atoms with Crippen LogP contribution in [-0.2, 0) is 4.74 Å². The normalized spacial score (nSPS) is 9.43. The molecule has 0 heterocycles. The fourth-order valence-electron chi connectivity index (χ4n) is 0.925. The highest BCUT2D eigenvalue weighted by Gasteiger charge is 1.96. The minimum absolute atomic E-state index is 0.169. The first-order valence-corrected chi connectivity index (χ1v) is 4.32. The van der Waals surface area contributed by atoms with Crippen molar-refractivity contribution in [3.63, 3.8) is 0 Å². The van der Waals surface area contributed by atoms with E-state index in [9.17, 15) is 4.79 Å². The third-order valence-electron chi connectivity index (χ3n) is 1.53. The highest BCUT2D eigenvalue weighted by Crippen LogP contribution is 2.08. The van der Waals surface area contributed by atoms with E-state index >= 15 is 0 Å². The van der Waals surface area contributed by atoms with E-state index in [-0.39, 0.29) is 6.61 Å². The van der Waals surface area contributed by atoms with E-state index in [0.29, 0.717) is 13.0 Å². The molecule has 0 aromatic heterocycles. The zero-order chi connectivity index (χ0) is 10.2. The molecule has 0 saturated heterocycles. The molecule has 14 heavy (non-hydrogen) atoms. The van der Waals surface area contributed by atoms with Crippen molar-refractivity contribution in [1.82, 2.24) is 0 Å². The highest BCUT2D eigenvalue weighted by molar-refractivity contribution is 5.56. The number of carbonyl (C=O) groups is 1. The van der Waals surface area contributed by atoms with E-state index in [1.807, 2.05) is 30.3 Å².